The van der Waals surface area contributed by atoms with Crippen molar-refractivity contribution in [3.8, 4) is 0 Å². The van der Waals surface area contributed by atoms with Crippen LogP contribution in [0.5, 0.6) is 0 Å². The molecule has 0 fully saturated rings. The molecule has 0 spiro atoms. The second-order valence-electron chi connectivity index (χ2n) is 4.33. The number of benzene rings is 2. The van der Waals surface area contributed by atoms with Crippen LogP contribution >= 0.6 is 11.8 Å². The van der Waals surface area contributed by atoms with Crippen LogP contribution in [0.2, 0.25) is 0 Å². The number of amides is 3. The van der Waals surface area contributed by atoms with Gasteiger partial charge in [0, 0.05) is 16.3 Å². The summed E-state index contributed by atoms with van der Waals surface area (Å²) in [5, 5.41) is 5.10. The van der Waals surface area contributed by atoms with Crippen molar-refractivity contribution < 1.29 is 14.0 Å². The number of carbonyl (C=O) groups is 2. The molecule has 2 aromatic carbocycles. The van der Waals surface area contributed by atoms with Crippen LogP contribution in [0.4, 0.5) is 20.6 Å². The fraction of sp³-hybridized carbons (Fsp3) is 0.0667. The fourth-order valence-corrected chi connectivity index (χ4v) is 2.42. The molecule has 0 heterocycles. The van der Waals surface area contributed by atoms with Crippen LogP contribution in [0, 0.1) is 5.82 Å². The van der Waals surface area contributed by atoms with E-state index in [4.69, 9.17) is 5.73 Å². The lowest BCUT2D eigenvalue weighted by Crippen LogP contribution is -2.19. The number of hydrogen-bond acceptors (Lipinski definition) is 3. The van der Waals surface area contributed by atoms with Gasteiger partial charge in [-0.05, 0) is 36.4 Å². The normalized spacial score (nSPS) is 10.0. The van der Waals surface area contributed by atoms with Crippen molar-refractivity contribution in [1.29, 1.82) is 0 Å². The molecule has 0 saturated heterocycles. The van der Waals surface area contributed by atoms with E-state index < -0.39 is 6.03 Å². The largest absolute Gasteiger partial charge is 0.351 e. The Kier molecular flexibility index (Phi) is 5.37. The molecule has 4 N–H and O–H groups in total. The number of halogens is 1. The highest BCUT2D eigenvalue weighted by Crippen LogP contribution is 2.21. The smallest absolute Gasteiger partial charge is 0.316 e. The predicted molar refractivity (Wildman–Crippen MR) is 85.4 cm³/mol. The molecule has 5 nitrogen and oxygen atoms in total. The quantitative estimate of drug-likeness (QED) is 0.741. The van der Waals surface area contributed by atoms with Crippen LogP contribution in [0.25, 0.3) is 0 Å². The molecule has 7 heteroatoms. The van der Waals surface area contributed by atoms with Gasteiger partial charge in [0.1, 0.15) is 5.82 Å². The van der Waals surface area contributed by atoms with Gasteiger partial charge in [-0.3, -0.25) is 4.79 Å². The topological polar surface area (TPSA) is 84.2 Å². The van der Waals surface area contributed by atoms with Gasteiger partial charge in [0.25, 0.3) is 0 Å². The molecule has 114 valence electrons. The molecule has 22 heavy (non-hydrogen) atoms. The molecule has 0 aromatic heterocycles. The molecule has 0 radical (unpaired) electrons. The van der Waals surface area contributed by atoms with Crippen molar-refractivity contribution in [1.82, 2.24) is 0 Å². The first-order chi connectivity index (χ1) is 10.5. The van der Waals surface area contributed by atoms with E-state index in [1.165, 1.54) is 6.07 Å². The summed E-state index contributed by atoms with van der Waals surface area (Å²) in [6, 6.07) is 12.1. The van der Waals surface area contributed by atoms with Gasteiger partial charge in [-0.15, -0.1) is 11.8 Å². The van der Waals surface area contributed by atoms with Gasteiger partial charge in [-0.2, -0.15) is 0 Å². The maximum Gasteiger partial charge on any atom is 0.316 e. The number of anilines is 2. The van der Waals surface area contributed by atoms with Gasteiger partial charge in [0.15, 0.2) is 0 Å². The number of rotatable bonds is 5. The van der Waals surface area contributed by atoms with Crippen molar-refractivity contribution in [3.05, 3.63) is 54.3 Å². The monoisotopic (exact) mass is 319 g/mol. The summed E-state index contributed by atoms with van der Waals surface area (Å²) in [4.78, 5) is 22.9. The van der Waals surface area contributed by atoms with Crippen molar-refractivity contribution in [2.24, 2.45) is 5.73 Å². The van der Waals surface area contributed by atoms with E-state index in [0.717, 1.165) is 11.8 Å². The average Bonchev–Trinajstić information content (AvgIpc) is 2.48. The number of carbonyl (C=O) groups excluding carboxylic acids is 2. The predicted octanol–water partition coefficient (Wildman–Crippen LogP) is 3.05. The minimum Gasteiger partial charge on any atom is -0.351 e. The van der Waals surface area contributed by atoms with E-state index in [-0.39, 0.29) is 17.5 Å². The van der Waals surface area contributed by atoms with Crippen LogP contribution in [0.1, 0.15) is 0 Å². The summed E-state index contributed by atoms with van der Waals surface area (Å²) in [7, 11) is 0. The Morgan fingerprint density at radius 2 is 1.59 bits per heavy atom. The number of primary amides is 1. The molecule has 0 unspecified atom stereocenters. The lowest BCUT2D eigenvalue weighted by atomic mass is 10.3. The standard InChI is InChI=1S/C15H14FN3O2S/c16-12-3-1-2-4-13(12)22-9-14(20)18-10-5-7-11(8-6-10)19-15(17)21/h1-8H,9H2,(H,18,20)(H3,17,19,21). The molecule has 0 bridgehead atoms. The summed E-state index contributed by atoms with van der Waals surface area (Å²) in [5.74, 6) is -0.492. The summed E-state index contributed by atoms with van der Waals surface area (Å²) < 4.78 is 13.4. The molecule has 2 rings (SSSR count). The zero-order chi connectivity index (χ0) is 15.9. The third-order valence-corrected chi connectivity index (χ3v) is 3.68. The molecular formula is C15H14FN3O2S. The van der Waals surface area contributed by atoms with E-state index >= 15 is 0 Å². The van der Waals surface area contributed by atoms with Crippen LogP contribution in [0.3, 0.4) is 0 Å². The maximum atomic E-state index is 13.4. The average molecular weight is 319 g/mol. The molecule has 0 aliphatic heterocycles. The van der Waals surface area contributed by atoms with E-state index in [1.807, 2.05) is 0 Å². The summed E-state index contributed by atoms with van der Waals surface area (Å²) >= 11 is 1.13. The second kappa shape index (κ2) is 7.46. The molecule has 0 aliphatic carbocycles. The van der Waals surface area contributed by atoms with Crippen LogP contribution < -0.4 is 16.4 Å². The molecule has 3 amide bonds. The number of urea groups is 1. The maximum absolute atomic E-state index is 13.4. The lowest BCUT2D eigenvalue weighted by molar-refractivity contribution is -0.113. The van der Waals surface area contributed by atoms with Gasteiger partial charge in [-0.1, -0.05) is 12.1 Å². The summed E-state index contributed by atoms with van der Waals surface area (Å²) in [5.41, 5.74) is 6.11. The third kappa shape index (κ3) is 4.78. The van der Waals surface area contributed by atoms with Crippen molar-refractivity contribution in [3.63, 3.8) is 0 Å². The van der Waals surface area contributed by atoms with E-state index in [2.05, 4.69) is 10.6 Å². The lowest BCUT2D eigenvalue weighted by Gasteiger charge is -2.07. The Morgan fingerprint density at radius 1 is 1.00 bits per heavy atom. The van der Waals surface area contributed by atoms with E-state index in [9.17, 15) is 14.0 Å². The fourth-order valence-electron chi connectivity index (χ4n) is 1.68. The van der Waals surface area contributed by atoms with Gasteiger partial charge < -0.3 is 16.4 Å². The van der Waals surface area contributed by atoms with Gasteiger partial charge >= 0.3 is 6.03 Å². The number of nitrogens with two attached hydrogens (primary N) is 1. The van der Waals surface area contributed by atoms with Crippen molar-refractivity contribution in [2.45, 2.75) is 4.90 Å². The summed E-state index contributed by atoms with van der Waals surface area (Å²) in [6.07, 6.45) is 0. The van der Waals surface area contributed by atoms with E-state index in [0.29, 0.717) is 16.3 Å². The minimum absolute atomic E-state index is 0.0994. The highest BCUT2D eigenvalue weighted by atomic mass is 32.2. The minimum atomic E-state index is -0.655. The number of nitrogens with one attached hydrogen (secondary N) is 2. The molecular weight excluding hydrogens is 305 g/mol. The van der Waals surface area contributed by atoms with E-state index in [1.54, 1.807) is 42.5 Å². The third-order valence-electron chi connectivity index (χ3n) is 2.63. The van der Waals surface area contributed by atoms with Crippen molar-refractivity contribution in [2.75, 3.05) is 16.4 Å². The SMILES string of the molecule is NC(=O)Nc1ccc(NC(=O)CSc2ccccc2F)cc1. The molecule has 0 aliphatic rings. The first-order valence-corrected chi connectivity index (χ1v) is 7.37. The Hall–Kier alpha value is -2.54. The molecule has 0 atom stereocenters. The van der Waals surface area contributed by atoms with Gasteiger partial charge in [-0.25, -0.2) is 9.18 Å². The Labute approximate surface area is 131 Å². The number of thioether (sulfide) groups is 1. The zero-order valence-corrected chi connectivity index (χ0v) is 12.3. The molecule has 0 saturated carbocycles. The van der Waals surface area contributed by atoms with Crippen LogP contribution in [-0.4, -0.2) is 17.7 Å². The second-order valence-corrected chi connectivity index (χ2v) is 5.35. The Balaban J connectivity index is 1.87. The van der Waals surface area contributed by atoms with Crippen LogP contribution in [0.15, 0.2) is 53.4 Å². The number of hydrogen-bond donors (Lipinski definition) is 3. The highest BCUT2D eigenvalue weighted by molar-refractivity contribution is 8.00. The Morgan fingerprint density at radius 3 is 2.18 bits per heavy atom. The van der Waals surface area contributed by atoms with Crippen LogP contribution in [-0.2, 0) is 4.79 Å². The van der Waals surface area contributed by atoms with Gasteiger partial charge in [0.05, 0.1) is 5.75 Å². The summed E-state index contributed by atoms with van der Waals surface area (Å²) in [6.45, 7) is 0. The first kappa shape index (κ1) is 15.8. The van der Waals surface area contributed by atoms with Gasteiger partial charge in [0.2, 0.25) is 5.91 Å². The van der Waals surface area contributed by atoms with Crippen molar-refractivity contribution >= 4 is 35.1 Å². The highest BCUT2D eigenvalue weighted by Gasteiger charge is 2.07. The molecule has 2 aromatic rings. The zero-order valence-electron chi connectivity index (χ0n) is 11.5. The Bertz CT molecular complexity index is 677. The first-order valence-electron chi connectivity index (χ1n) is 6.38.